The van der Waals surface area contributed by atoms with Crippen LogP contribution in [0, 0.1) is 0 Å². The van der Waals surface area contributed by atoms with Crippen LogP contribution in [0.5, 0.6) is 0 Å². The first-order valence-electron chi connectivity index (χ1n) is 7.18. The lowest BCUT2D eigenvalue weighted by molar-refractivity contribution is -0.147. The van der Waals surface area contributed by atoms with Crippen LogP contribution in [0.4, 0.5) is 4.79 Å². The van der Waals surface area contributed by atoms with Gasteiger partial charge in [0.05, 0.1) is 19.3 Å². The topological polar surface area (TPSA) is 79.3 Å². The van der Waals surface area contributed by atoms with Crippen LogP contribution in [0.25, 0.3) is 0 Å². The molecule has 1 rings (SSSR count). The Hall–Kier alpha value is -1.34. The average molecular weight is 302 g/mol. The van der Waals surface area contributed by atoms with Crippen LogP contribution in [-0.2, 0) is 14.3 Å². The molecule has 1 saturated heterocycles. The van der Waals surface area contributed by atoms with Crippen molar-refractivity contribution in [2.75, 3.05) is 40.5 Å². The Morgan fingerprint density at radius 3 is 2.57 bits per heavy atom. The van der Waals surface area contributed by atoms with Crippen molar-refractivity contribution in [3.63, 3.8) is 0 Å². The van der Waals surface area contributed by atoms with E-state index in [1.54, 1.807) is 26.0 Å². The van der Waals surface area contributed by atoms with Crippen molar-refractivity contribution in [2.24, 2.45) is 0 Å². The van der Waals surface area contributed by atoms with Gasteiger partial charge in [-0.25, -0.2) is 9.59 Å². The molecule has 2 amide bonds. The van der Waals surface area contributed by atoms with E-state index >= 15 is 0 Å². The Balaban J connectivity index is 2.90. The minimum absolute atomic E-state index is 0.142. The zero-order chi connectivity index (χ0) is 16.0. The van der Waals surface area contributed by atoms with E-state index in [2.05, 4.69) is 0 Å². The molecule has 1 aliphatic rings. The highest BCUT2D eigenvalue weighted by atomic mass is 16.5. The Kier molecular flexibility index (Phi) is 6.42. The highest BCUT2D eigenvalue weighted by Gasteiger charge is 2.47. The van der Waals surface area contributed by atoms with E-state index in [4.69, 9.17) is 9.47 Å². The summed E-state index contributed by atoms with van der Waals surface area (Å²) in [7, 11) is 3.15. The van der Waals surface area contributed by atoms with E-state index in [9.17, 15) is 14.7 Å². The minimum Gasteiger partial charge on any atom is -0.480 e. The lowest BCUT2D eigenvalue weighted by atomic mass is 9.99. The van der Waals surface area contributed by atoms with E-state index in [1.807, 2.05) is 6.92 Å². The molecule has 0 aliphatic carbocycles. The number of likely N-dealkylation sites (tertiary alicyclic amines) is 1. The number of rotatable bonds is 7. The normalized spacial score (nSPS) is 23.1. The molecule has 0 spiro atoms. The SMILES string of the molecule is COCCN(C(=O)N1CCCC1(C)C(=O)O)C(C)COC. The largest absolute Gasteiger partial charge is 0.480 e. The first kappa shape index (κ1) is 17.7. The Morgan fingerprint density at radius 2 is 2.05 bits per heavy atom. The molecule has 0 bridgehead atoms. The molecule has 7 heteroatoms. The quantitative estimate of drug-likeness (QED) is 0.760. The Morgan fingerprint density at radius 1 is 1.38 bits per heavy atom. The third-order valence-electron chi connectivity index (χ3n) is 4.05. The zero-order valence-electron chi connectivity index (χ0n) is 13.3. The number of hydrogen-bond acceptors (Lipinski definition) is 4. The Bertz CT molecular complexity index is 376. The van der Waals surface area contributed by atoms with E-state index in [0.29, 0.717) is 39.1 Å². The van der Waals surface area contributed by atoms with Gasteiger partial charge in [0.15, 0.2) is 0 Å². The molecule has 0 aromatic heterocycles. The van der Waals surface area contributed by atoms with Gasteiger partial charge >= 0.3 is 12.0 Å². The van der Waals surface area contributed by atoms with Crippen molar-refractivity contribution in [1.82, 2.24) is 9.80 Å². The molecule has 0 aromatic rings. The summed E-state index contributed by atoms with van der Waals surface area (Å²) in [4.78, 5) is 27.4. The monoisotopic (exact) mass is 302 g/mol. The van der Waals surface area contributed by atoms with E-state index < -0.39 is 11.5 Å². The zero-order valence-corrected chi connectivity index (χ0v) is 13.3. The summed E-state index contributed by atoms with van der Waals surface area (Å²) in [5, 5.41) is 9.43. The van der Waals surface area contributed by atoms with E-state index in [0.717, 1.165) is 0 Å². The molecule has 0 saturated carbocycles. The smallest absolute Gasteiger partial charge is 0.329 e. The number of ether oxygens (including phenoxy) is 2. The highest BCUT2D eigenvalue weighted by molar-refractivity contribution is 5.86. The number of aliphatic carboxylic acids is 1. The summed E-state index contributed by atoms with van der Waals surface area (Å²) >= 11 is 0. The second kappa shape index (κ2) is 7.61. The molecular formula is C14H26N2O5. The molecule has 0 aromatic carbocycles. The summed E-state index contributed by atoms with van der Waals surface area (Å²) in [5.41, 5.74) is -1.13. The Labute approximate surface area is 125 Å². The predicted molar refractivity (Wildman–Crippen MR) is 77.3 cm³/mol. The molecule has 1 N–H and O–H groups in total. The summed E-state index contributed by atoms with van der Waals surface area (Å²) in [6, 6.07) is -0.407. The van der Waals surface area contributed by atoms with Crippen LogP contribution in [0.2, 0.25) is 0 Å². The predicted octanol–water partition coefficient (Wildman–Crippen LogP) is 1.03. The maximum Gasteiger partial charge on any atom is 0.329 e. The fraction of sp³-hybridized carbons (Fsp3) is 0.857. The molecule has 1 heterocycles. The second-order valence-corrected chi connectivity index (χ2v) is 5.61. The second-order valence-electron chi connectivity index (χ2n) is 5.61. The van der Waals surface area contributed by atoms with Crippen LogP contribution in [-0.4, -0.2) is 79.0 Å². The fourth-order valence-corrected chi connectivity index (χ4v) is 2.67. The molecule has 2 atom stereocenters. The van der Waals surface area contributed by atoms with Gasteiger partial charge in [0.25, 0.3) is 0 Å². The minimum atomic E-state index is -1.13. The van der Waals surface area contributed by atoms with Gasteiger partial charge in [0, 0.05) is 27.3 Å². The number of nitrogens with zero attached hydrogens (tertiary/aromatic N) is 2. The van der Waals surface area contributed by atoms with Crippen LogP contribution in [0.3, 0.4) is 0 Å². The first-order chi connectivity index (χ1) is 9.88. The van der Waals surface area contributed by atoms with Gasteiger partial charge in [-0.05, 0) is 26.7 Å². The molecule has 122 valence electrons. The molecular weight excluding hydrogens is 276 g/mol. The molecule has 0 radical (unpaired) electrons. The number of urea groups is 1. The maximum atomic E-state index is 12.8. The molecule has 2 unspecified atom stereocenters. The van der Waals surface area contributed by atoms with Crippen molar-refractivity contribution in [1.29, 1.82) is 0 Å². The standard InChI is InChI=1S/C14H26N2O5/c1-11(10-21-4)15(8-9-20-3)13(19)16-7-5-6-14(16,2)12(17)18/h11H,5-10H2,1-4H3,(H,17,18). The van der Waals surface area contributed by atoms with Crippen molar-refractivity contribution < 1.29 is 24.2 Å². The number of carbonyl (C=O) groups is 2. The summed E-state index contributed by atoms with van der Waals surface area (Å²) in [6.45, 7) is 5.16. The lowest BCUT2D eigenvalue weighted by Gasteiger charge is -2.38. The summed E-state index contributed by atoms with van der Waals surface area (Å²) < 4.78 is 10.2. The van der Waals surface area contributed by atoms with Crippen molar-refractivity contribution in [3.8, 4) is 0 Å². The average Bonchev–Trinajstić information content (AvgIpc) is 2.82. The van der Waals surface area contributed by atoms with Crippen LogP contribution in [0.1, 0.15) is 26.7 Å². The number of hydrogen-bond donors (Lipinski definition) is 1. The number of amides is 2. The molecule has 21 heavy (non-hydrogen) atoms. The highest BCUT2D eigenvalue weighted by Crippen LogP contribution is 2.30. The number of methoxy groups -OCH3 is 2. The van der Waals surface area contributed by atoms with Gasteiger partial charge in [0.2, 0.25) is 0 Å². The molecule has 7 nitrogen and oxygen atoms in total. The number of carboxylic acid groups (broad SMARTS) is 1. The summed E-state index contributed by atoms with van der Waals surface area (Å²) in [6.07, 6.45) is 1.18. The third kappa shape index (κ3) is 3.85. The van der Waals surface area contributed by atoms with Crippen molar-refractivity contribution >= 4 is 12.0 Å². The molecule has 1 aliphatic heterocycles. The number of carbonyl (C=O) groups excluding carboxylic acids is 1. The van der Waals surface area contributed by atoms with Crippen molar-refractivity contribution in [3.05, 3.63) is 0 Å². The van der Waals surface area contributed by atoms with Crippen molar-refractivity contribution in [2.45, 2.75) is 38.3 Å². The van der Waals surface area contributed by atoms with E-state index in [1.165, 1.54) is 4.90 Å². The first-order valence-corrected chi connectivity index (χ1v) is 7.18. The maximum absolute atomic E-state index is 12.8. The number of carboxylic acids is 1. The van der Waals surface area contributed by atoms with E-state index in [-0.39, 0.29) is 12.1 Å². The third-order valence-corrected chi connectivity index (χ3v) is 4.05. The molecule has 1 fully saturated rings. The van der Waals surface area contributed by atoms with Gasteiger partial charge in [-0.3, -0.25) is 0 Å². The van der Waals surface area contributed by atoms with Crippen LogP contribution < -0.4 is 0 Å². The van der Waals surface area contributed by atoms with Crippen LogP contribution in [0.15, 0.2) is 0 Å². The van der Waals surface area contributed by atoms with Gasteiger partial charge < -0.3 is 24.4 Å². The van der Waals surface area contributed by atoms with Gasteiger partial charge in [0.1, 0.15) is 5.54 Å². The summed E-state index contributed by atoms with van der Waals surface area (Å²) in [5.74, 6) is -0.959. The fourth-order valence-electron chi connectivity index (χ4n) is 2.67. The van der Waals surface area contributed by atoms with Gasteiger partial charge in [-0.15, -0.1) is 0 Å². The van der Waals surface area contributed by atoms with Crippen LogP contribution >= 0.6 is 0 Å². The van der Waals surface area contributed by atoms with Gasteiger partial charge in [-0.2, -0.15) is 0 Å². The van der Waals surface area contributed by atoms with Gasteiger partial charge in [-0.1, -0.05) is 0 Å². The lowest BCUT2D eigenvalue weighted by Crippen LogP contribution is -2.57.